The van der Waals surface area contributed by atoms with Crippen molar-refractivity contribution in [1.82, 2.24) is 0 Å². The highest BCUT2D eigenvalue weighted by atomic mass is 19.4. The molecule has 66 valence electrons. The predicted molar refractivity (Wildman–Crippen MR) is 33.8 cm³/mol. The van der Waals surface area contributed by atoms with Crippen LogP contribution in [0.15, 0.2) is 11.8 Å². The first-order valence-electron chi connectivity index (χ1n) is 3.31. The molecule has 1 unspecified atom stereocenters. The third-order valence-electron chi connectivity index (χ3n) is 1.40. The molecule has 0 aromatic rings. The first kappa shape index (κ1) is 8.91. The number of rotatable bonds is 2. The second-order valence-electron chi connectivity index (χ2n) is 2.48. The number of ether oxygens (including phenoxy) is 1. The summed E-state index contributed by atoms with van der Waals surface area (Å²) in [6.45, 7) is -1.27. The molecule has 0 N–H and O–H groups in total. The summed E-state index contributed by atoms with van der Waals surface area (Å²) in [7, 11) is 0. The molecule has 0 fully saturated rings. The Balaban J connectivity index is 2.25. The monoisotopic (exact) mass is 177 g/mol. The number of hydrogen-bond donors (Lipinski definition) is 0. The molecule has 0 amide bonds. The van der Waals surface area contributed by atoms with E-state index < -0.39 is 12.8 Å². The Bertz CT molecular complexity index is 238. The molecule has 0 saturated heterocycles. The number of nitrogens with zero attached hydrogens (tertiary/aromatic N) is 1. The summed E-state index contributed by atoms with van der Waals surface area (Å²) in [6.07, 6.45) is -2.60. The van der Waals surface area contributed by atoms with Crippen molar-refractivity contribution in [2.75, 3.05) is 6.61 Å². The molecule has 0 aromatic carbocycles. The molecule has 1 aliphatic rings. The maximum absolute atomic E-state index is 11.5. The van der Waals surface area contributed by atoms with E-state index in [0.717, 1.165) is 0 Å². The molecular weight excluding hydrogens is 171 g/mol. The van der Waals surface area contributed by atoms with Crippen molar-refractivity contribution in [3.05, 3.63) is 11.8 Å². The average Bonchev–Trinajstić information content (AvgIpc) is 1.82. The minimum Gasteiger partial charge on any atom is -0.489 e. The van der Waals surface area contributed by atoms with E-state index in [1.54, 1.807) is 0 Å². The van der Waals surface area contributed by atoms with Crippen molar-refractivity contribution in [2.24, 2.45) is 5.92 Å². The van der Waals surface area contributed by atoms with Crippen LogP contribution < -0.4 is 0 Å². The molecule has 0 radical (unpaired) electrons. The van der Waals surface area contributed by atoms with Gasteiger partial charge in [0.15, 0.2) is 6.61 Å². The highest BCUT2D eigenvalue weighted by Crippen LogP contribution is 2.27. The zero-order valence-electron chi connectivity index (χ0n) is 6.06. The van der Waals surface area contributed by atoms with Gasteiger partial charge in [-0.2, -0.15) is 18.4 Å². The zero-order valence-corrected chi connectivity index (χ0v) is 6.06. The van der Waals surface area contributed by atoms with Crippen molar-refractivity contribution in [3.63, 3.8) is 0 Å². The van der Waals surface area contributed by atoms with Gasteiger partial charge in [-0.05, 0) is 6.08 Å². The summed E-state index contributed by atoms with van der Waals surface area (Å²) >= 11 is 0. The second-order valence-corrected chi connectivity index (χ2v) is 2.48. The molecule has 1 aliphatic carbocycles. The van der Waals surface area contributed by atoms with Crippen LogP contribution in [0, 0.1) is 17.2 Å². The van der Waals surface area contributed by atoms with Crippen molar-refractivity contribution in [3.8, 4) is 6.07 Å². The molecule has 0 spiro atoms. The molecule has 2 nitrogen and oxygen atoms in total. The minimum absolute atomic E-state index is 0.263. The second kappa shape index (κ2) is 3.05. The number of halogens is 3. The molecule has 0 saturated carbocycles. The van der Waals surface area contributed by atoms with Crippen LogP contribution in [-0.4, -0.2) is 12.8 Å². The Morgan fingerprint density at radius 1 is 1.67 bits per heavy atom. The van der Waals surface area contributed by atoms with Crippen LogP contribution in [0.5, 0.6) is 0 Å². The summed E-state index contributed by atoms with van der Waals surface area (Å²) in [5, 5.41) is 8.26. The lowest BCUT2D eigenvalue weighted by Crippen LogP contribution is -2.20. The van der Waals surface area contributed by atoms with Gasteiger partial charge in [-0.1, -0.05) is 0 Å². The fraction of sp³-hybridized carbons (Fsp3) is 0.571. The number of nitriles is 1. The smallest absolute Gasteiger partial charge is 0.422 e. The van der Waals surface area contributed by atoms with E-state index in [4.69, 9.17) is 5.26 Å². The zero-order chi connectivity index (χ0) is 9.19. The number of hydrogen-bond acceptors (Lipinski definition) is 2. The molecule has 0 heterocycles. The maximum Gasteiger partial charge on any atom is 0.422 e. The fourth-order valence-electron chi connectivity index (χ4n) is 0.772. The lowest BCUT2D eigenvalue weighted by atomic mass is 9.95. The normalized spacial score (nSPS) is 22.2. The van der Waals surface area contributed by atoms with E-state index in [1.165, 1.54) is 6.08 Å². The molecule has 1 rings (SSSR count). The van der Waals surface area contributed by atoms with Gasteiger partial charge in [0.2, 0.25) is 0 Å². The van der Waals surface area contributed by atoms with Crippen LogP contribution in [0.4, 0.5) is 13.2 Å². The van der Waals surface area contributed by atoms with Crippen molar-refractivity contribution < 1.29 is 17.9 Å². The third-order valence-corrected chi connectivity index (χ3v) is 1.40. The van der Waals surface area contributed by atoms with E-state index >= 15 is 0 Å². The van der Waals surface area contributed by atoms with Gasteiger partial charge >= 0.3 is 6.18 Å². The lowest BCUT2D eigenvalue weighted by Gasteiger charge is -2.20. The fourth-order valence-corrected chi connectivity index (χ4v) is 0.772. The Kier molecular flexibility index (Phi) is 2.27. The largest absolute Gasteiger partial charge is 0.489 e. The Morgan fingerprint density at radius 2 is 2.25 bits per heavy atom. The Morgan fingerprint density at radius 3 is 2.67 bits per heavy atom. The topological polar surface area (TPSA) is 33.0 Å². The van der Waals surface area contributed by atoms with Crippen LogP contribution >= 0.6 is 0 Å². The van der Waals surface area contributed by atoms with E-state index in [1.807, 2.05) is 6.07 Å². The summed E-state index contributed by atoms with van der Waals surface area (Å²) in [4.78, 5) is 0. The van der Waals surface area contributed by atoms with Crippen LogP contribution in [0.25, 0.3) is 0 Å². The van der Waals surface area contributed by atoms with Gasteiger partial charge in [0, 0.05) is 6.42 Å². The molecule has 5 heteroatoms. The molecule has 0 aromatic heterocycles. The molecule has 0 aliphatic heterocycles. The predicted octanol–water partition coefficient (Wildman–Crippen LogP) is 1.99. The summed E-state index contributed by atoms with van der Waals surface area (Å²) in [6, 6.07) is 1.89. The minimum atomic E-state index is -4.29. The third kappa shape index (κ3) is 2.46. The van der Waals surface area contributed by atoms with Crippen molar-refractivity contribution >= 4 is 0 Å². The van der Waals surface area contributed by atoms with Gasteiger partial charge in [0.25, 0.3) is 0 Å². The van der Waals surface area contributed by atoms with Crippen LogP contribution in [0.1, 0.15) is 6.42 Å². The molecule has 1 atom stereocenters. The van der Waals surface area contributed by atoms with Gasteiger partial charge in [-0.25, -0.2) is 0 Å². The van der Waals surface area contributed by atoms with Gasteiger partial charge in [0.1, 0.15) is 0 Å². The van der Waals surface area contributed by atoms with E-state index in [9.17, 15) is 13.2 Å². The number of allylic oxidation sites excluding steroid dienone is 2. The van der Waals surface area contributed by atoms with Crippen LogP contribution in [0.3, 0.4) is 0 Å². The first-order valence-corrected chi connectivity index (χ1v) is 3.31. The lowest BCUT2D eigenvalue weighted by molar-refractivity contribution is -0.166. The highest BCUT2D eigenvalue weighted by Gasteiger charge is 2.30. The maximum atomic E-state index is 11.5. The van der Waals surface area contributed by atoms with Crippen LogP contribution in [0.2, 0.25) is 0 Å². The molecular formula is C7H6F3NO. The standard InChI is InChI=1S/C7H6F3NO/c8-7(9,10)4-12-6-1-5(2-6)3-11/h1,5H,2,4H2. The van der Waals surface area contributed by atoms with E-state index in [-0.39, 0.29) is 11.7 Å². The summed E-state index contributed by atoms with van der Waals surface area (Å²) < 4.78 is 39.0. The van der Waals surface area contributed by atoms with Crippen LogP contribution in [-0.2, 0) is 4.74 Å². The van der Waals surface area contributed by atoms with Gasteiger partial charge < -0.3 is 4.74 Å². The van der Waals surface area contributed by atoms with E-state index in [2.05, 4.69) is 4.74 Å². The molecule has 0 bridgehead atoms. The molecule has 12 heavy (non-hydrogen) atoms. The quantitative estimate of drug-likeness (QED) is 0.646. The first-order chi connectivity index (χ1) is 5.51. The summed E-state index contributed by atoms with van der Waals surface area (Å²) in [5.74, 6) is -0.00731. The van der Waals surface area contributed by atoms with Gasteiger partial charge in [-0.3, -0.25) is 0 Å². The van der Waals surface area contributed by atoms with Gasteiger partial charge in [-0.15, -0.1) is 0 Å². The average molecular weight is 177 g/mol. The highest BCUT2D eigenvalue weighted by molar-refractivity contribution is 5.17. The Hall–Kier alpha value is -1.18. The Labute approximate surface area is 67.2 Å². The van der Waals surface area contributed by atoms with Gasteiger partial charge in [0.05, 0.1) is 17.7 Å². The van der Waals surface area contributed by atoms with Crippen molar-refractivity contribution in [1.29, 1.82) is 5.26 Å². The number of alkyl halides is 3. The van der Waals surface area contributed by atoms with E-state index in [0.29, 0.717) is 6.42 Å². The summed E-state index contributed by atoms with van der Waals surface area (Å²) in [5.41, 5.74) is 0. The van der Waals surface area contributed by atoms with Crippen molar-refractivity contribution in [2.45, 2.75) is 12.6 Å². The SMILES string of the molecule is N#CC1C=C(OCC(F)(F)F)C1.